The topological polar surface area (TPSA) is 79.7 Å². The van der Waals surface area contributed by atoms with Crippen LogP contribution in [0.2, 0.25) is 0 Å². The van der Waals surface area contributed by atoms with Gasteiger partial charge in [0.25, 0.3) is 5.56 Å². The van der Waals surface area contributed by atoms with Crippen LogP contribution in [0.1, 0.15) is 68.7 Å². The maximum absolute atomic E-state index is 13.2. The van der Waals surface area contributed by atoms with Crippen LogP contribution in [0.15, 0.2) is 53.3 Å². The average Bonchev–Trinajstić information content (AvgIpc) is 3.26. The minimum Gasteiger partial charge on any atom is -0.321 e. The molecule has 0 saturated heterocycles. The Morgan fingerprint density at radius 1 is 1.03 bits per heavy atom. The van der Waals surface area contributed by atoms with Gasteiger partial charge in [0, 0.05) is 18.7 Å². The predicted molar refractivity (Wildman–Crippen MR) is 140 cm³/mol. The zero-order valence-corrected chi connectivity index (χ0v) is 21.8. The zero-order chi connectivity index (χ0) is 25.3. The normalized spacial score (nSPS) is 13.2. The van der Waals surface area contributed by atoms with E-state index in [1.54, 1.807) is 0 Å². The number of benzene rings is 2. The summed E-state index contributed by atoms with van der Waals surface area (Å²) in [7, 11) is 0. The highest BCUT2D eigenvalue weighted by Gasteiger charge is 2.33. The van der Waals surface area contributed by atoms with Crippen molar-refractivity contribution in [1.29, 1.82) is 0 Å². The van der Waals surface area contributed by atoms with E-state index in [4.69, 9.17) is 0 Å². The van der Waals surface area contributed by atoms with Crippen molar-refractivity contribution in [3.8, 4) is 0 Å². The van der Waals surface area contributed by atoms with Crippen molar-refractivity contribution in [2.75, 3.05) is 0 Å². The number of hydrogen-bond donors (Lipinski definition) is 1. The maximum Gasteiger partial charge on any atom is 0.252 e. The van der Waals surface area contributed by atoms with Gasteiger partial charge in [0.1, 0.15) is 0 Å². The Kier molecular flexibility index (Phi) is 6.90. The molecule has 0 saturated carbocycles. The number of tetrazole rings is 1. The lowest BCUT2D eigenvalue weighted by Gasteiger charge is -2.35. The zero-order valence-electron chi connectivity index (χ0n) is 21.8. The molecule has 0 bridgehead atoms. The summed E-state index contributed by atoms with van der Waals surface area (Å²) in [5.74, 6) is 1.03. The van der Waals surface area contributed by atoms with Gasteiger partial charge in [-0.1, -0.05) is 61.9 Å². The van der Waals surface area contributed by atoms with Gasteiger partial charge in [0.15, 0.2) is 5.82 Å². The molecule has 2 aromatic heterocycles. The lowest BCUT2D eigenvalue weighted by molar-refractivity contribution is 0.119. The van der Waals surface area contributed by atoms with Crippen molar-refractivity contribution in [2.45, 2.75) is 73.1 Å². The quantitative estimate of drug-likeness (QED) is 0.396. The Morgan fingerprint density at radius 2 is 1.74 bits per heavy atom. The maximum atomic E-state index is 13.2. The van der Waals surface area contributed by atoms with E-state index in [1.165, 1.54) is 11.1 Å². The van der Waals surface area contributed by atoms with Crippen LogP contribution in [0.3, 0.4) is 0 Å². The molecule has 1 atom stereocenters. The van der Waals surface area contributed by atoms with E-state index >= 15 is 0 Å². The molecule has 7 heteroatoms. The minimum atomic E-state index is -0.264. The molecule has 184 valence electrons. The molecule has 4 rings (SSSR count). The molecule has 0 fully saturated rings. The van der Waals surface area contributed by atoms with E-state index in [9.17, 15) is 4.79 Å². The first kappa shape index (κ1) is 24.8. The highest BCUT2D eigenvalue weighted by Crippen LogP contribution is 2.32. The third-order valence-electron chi connectivity index (χ3n) is 6.46. The van der Waals surface area contributed by atoms with Gasteiger partial charge in [0.2, 0.25) is 0 Å². The Morgan fingerprint density at radius 3 is 2.40 bits per heavy atom. The number of aromatic nitrogens is 5. The second kappa shape index (κ2) is 9.74. The van der Waals surface area contributed by atoms with Crippen LogP contribution in [0.4, 0.5) is 0 Å². The first-order valence-electron chi connectivity index (χ1n) is 12.2. The molecule has 2 heterocycles. The van der Waals surface area contributed by atoms with E-state index in [0.717, 1.165) is 27.9 Å². The summed E-state index contributed by atoms with van der Waals surface area (Å²) in [4.78, 5) is 18.6. The van der Waals surface area contributed by atoms with Crippen LogP contribution in [-0.2, 0) is 18.6 Å². The average molecular weight is 473 g/mol. The van der Waals surface area contributed by atoms with Gasteiger partial charge in [-0.3, -0.25) is 9.69 Å². The Bertz CT molecular complexity index is 1360. The summed E-state index contributed by atoms with van der Waals surface area (Å²) in [5, 5.41) is 13.9. The molecule has 0 amide bonds. The van der Waals surface area contributed by atoms with Crippen LogP contribution in [0.5, 0.6) is 0 Å². The van der Waals surface area contributed by atoms with Crippen molar-refractivity contribution in [3.05, 3.63) is 87.0 Å². The highest BCUT2D eigenvalue weighted by molar-refractivity contribution is 5.81. The molecule has 0 radical (unpaired) electrons. The molecule has 0 spiro atoms. The van der Waals surface area contributed by atoms with Crippen molar-refractivity contribution in [1.82, 2.24) is 30.1 Å². The largest absolute Gasteiger partial charge is 0.321 e. The summed E-state index contributed by atoms with van der Waals surface area (Å²) in [6, 6.07) is 16.6. The monoisotopic (exact) mass is 472 g/mol. The smallest absolute Gasteiger partial charge is 0.252 e. The van der Waals surface area contributed by atoms with Gasteiger partial charge in [-0.2, -0.15) is 0 Å². The fourth-order valence-electron chi connectivity index (χ4n) is 4.68. The van der Waals surface area contributed by atoms with Crippen LogP contribution in [-0.4, -0.2) is 30.1 Å². The lowest BCUT2D eigenvalue weighted by atomic mass is 9.98. The van der Waals surface area contributed by atoms with Gasteiger partial charge < -0.3 is 4.98 Å². The van der Waals surface area contributed by atoms with E-state index in [0.29, 0.717) is 13.1 Å². The van der Waals surface area contributed by atoms with Crippen molar-refractivity contribution in [3.63, 3.8) is 0 Å². The number of hydrogen-bond acceptors (Lipinski definition) is 5. The second-order valence-electron chi connectivity index (χ2n) is 10.9. The van der Waals surface area contributed by atoms with Crippen LogP contribution in [0.25, 0.3) is 10.9 Å². The highest BCUT2D eigenvalue weighted by atomic mass is 16.1. The summed E-state index contributed by atoms with van der Waals surface area (Å²) >= 11 is 0. The molecular formula is C28H36N6O. The van der Waals surface area contributed by atoms with Gasteiger partial charge in [-0.15, -0.1) is 5.10 Å². The number of H-pyrrole nitrogens is 1. The summed E-state index contributed by atoms with van der Waals surface area (Å²) in [5.41, 5.74) is 4.77. The Hall–Kier alpha value is -3.32. The Balaban J connectivity index is 1.81. The molecule has 35 heavy (non-hydrogen) atoms. The number of aryl methyl sites for hydroxylation is 2. The molecule has 0 aliphatic rings. The van der Waals surface area contributed by atoms with E-state index in [-0.39, 0.29) is 23.1 Å². The minimum absolute atomic E-state index is 0.0568. The number of para-hydroxylation sites is 1. The van der Waals surface area contributed by atoms with E-state index in [2.05, 4.69) is 91.2 Å². The SMILES string of the molecule is Cc1ccc(CN(Cc2cc3cccc(C)c3[nH]c2=O)C(c2nnnn2C(C)(C)C)C(C)C)cc1. The van der Waals surface area contributed by atoms with Gasteiger partial charge in [0.05, 0.1) is 17.1 Å². The number of pyridine rings is 1. The van der Waals surface area contributed by atoms with Crippen LogP contribution >= 0.6 is 0 Å². The molecule has 1 unspecified atom stereocenters. The standard InChI is InChI=1S/C28H36N6O/c1-18(2)25(26-30-31-32-34(26)28(5,6)7)33(16-21-13-11-19(3)12-14-21)17-23-15-22-10-8-9-20(4)24(22)29-27(23)35/h8-15,18,25H,16-17H2,1-7H3,(H,29,35). The summed E-state index contributed by atoms with van der Waals surface area (Å²) in [6.07, 6.45) is 0. The van der Waals surface area contributed by atoms with Gasteiger partial charge in [-0.25, -0.2) is 4.68 Å². The van der Waals surface area contributed by atoms with Crippen LogP contribution in [0, 0.1) is 19.8 Å². The number of nitrogens with one attached hydrogen (secondary N) is 1. The van der Waals surface area contributed by atoms with Crippen molar-refractivity contribution < 1.29 is 0 Å². The van der Waals surface area contributed by atoms with E-state index < -0.39 is 0 Å². The molecule has 0 aliphatic heterocycles. The number of fused-ring (bicyclic) bond motifs is 1. The number of nitrogens with zero attached hydrogens (tertiary/aromatic N) is 5. The second-order valence-corrected chi connectivity index (χ2v) is 10.9. The first-order valence-corrected chi connectivity index (χ1v) is 12.2. The molecule has 2 aromatic carbocycles. The molecule has 1 N–H and O–H groups in total. The number of aromatic amines is 1. The van der Waals surface area contributed by atoms with Gasteiger partial charge >= 0.3 is 0 Å². The fourth-order valence-corrected chi connectivity index (χ4v) is 4.68. The molecular weight excluding hydrogens is 436 g/mol. The Labute approximate surface area is 207 Å². The number of rotatable bonds is 7. The van der Waals surface area contributed by atoms with Crippen molar-refractivity contribution >= 4 is 10.9 Å². The van der Waals surface area contributed by atoms with Crippen molar-refractivity contribution in [2.24, 2.45) is 5.92 Å². The van der Waals surface area contributed by atoms with E-state index in [1.807, 2.05) is 35.9 Å². The summed E-state index contributed by atoms with van der Waals surface area (Å²) < 4.78 is 1.91. The lowest BCUT2D eigenvalue weighted by Crippen LogP contribution is -2.37. The molecule has 4 aromatic rings. The fraction of sp³-hybridized carbons (Fsp3) is 0.429. The summed E-state index contributed by atoms with van der Waals surface area (Å²) in [6.45, 7) is 15.9. The molecule has 0 aliphatic carbocycles. The third kappa shape index (κ3) is 5.35. The van der Waals surface area contributed by atoms with Gasteiger partial charge in [-0.05, 0) is 73.5 Å². The third-order valence-corrected chi connectivity index (χ3v) is 6.46. The molecule has 7 nitrogen and oxygen atoms in total. The predicted octanol–water partition coefficient (Wildman–Crippen LogP) is 5.29. The van der Waals surface area contributed by atoms with Crippen LogP contribution < -0.4 is 5.56 Å². The first-order chi connectivity index (χ1) is 16.5.